The summed E-state index contributed by atoms with van der Waals surface area (Å²) in [5, 5.41) is 0. The number of carbonyl (C=O) groups is 3. The minimum absolute atomic E-state index is 0.180. The van der Waals surface area contributed by atoms with Crippen molar-refractivity contribution in [1.82, 2.24) is 0 Å². The lowest BCUT2D eigenvalue weighted by Crippen LogP contribution is -2.50. The fourth-order valence-electron chi connectivity index (χ4n) is 6.46. The number of hydrogen-bond donors (Lipinski definition) is 0. The molecule has 6 heteroatoms. The van der Waals surface area contributed by atoms with Crippen molar-refractivity contribution in [3.05, 3.63) is 101 Å². The Kier molecular flexibility index (Phi) is 6.03. The normalized spacial score (nSPS) is 25.0. The Morgan fingerprint density at radius 2 is 1.49 bits per heavy atom. The molecule has 188 valence electrons. The number of carbonyl (C=O) groups excluding carboxylic acids is 3. The molecular formula is C31H28BrNO4. The van der Waals surface area contributed by atoms with E-state index in [2.05, 4.69) is 47.1 Å². The second-order valence-corrected chi connectivity index (χ2v) is 11.4. The van der Waals surface area contributed by atoms with E-state index < -0.39 is 16.2 Å². The van der Waals surface area contributed by atoms with Gasteiger partial charge in [0.15, 0.2) is 0 Å². The molecule has 1 saturated heterocycles. The number of alkyl halides is 1. The molecule has 0 spiro atoms. The third kappa shape index (κ3) is 3.52. The molecule has 1 fully saturated rings. The summed E-state index contributed by atoms with van der Waals surface area (Å²) in [6.45, 7) is 2.53. The molecule has 4 aliphatic rings. The fraction of sp³-hybridized carbons (Fsp3) is 0.323. The van der Waals surface area contributed by atoms with Crippen molar-refractivity contribution in [1.29, 1.82) is 0 Å². The molecular weight excluding hydrogens is 530 g/mol. The number of rotatable bonds is 7. The number of ether oxygens (including phenoxy) is 1. The van der Waals surface area contributed by atoms with E-state index in [1.165, 1.54) is 4.90 Å². The van der Waals surface area contributed by atoms with Crippen LogP contribution in [0.3, 0.4) is 0 Å². The van der Waals surface area contributed by atoms with Gasteiger partial charge in [0.1, 0.15) is 0 Å². The minimum Gasteiger partial charge on any atom is -0.462 e. The van der Waals surface area contributed by atoms with Crippen LogP contribution >= 0.6 is 15.9 Å². The molecule has 1 heterocycles. The lowest BCUT2D eigenvalue weighted by molar-refractivity contribution is -0.122. The molecule has 37 heavy (non-hydrogen) atoms. The van der Waals surface area contributed by atoms with Gasteiger partial charge >= 0.3 is 5.97 Å². The van der Waals surface area contributed by atoms with Gasteiger partial charge in [0.2, 0.25) is 11.8 Å². The van der Waals surface area contributed by atoms with Gasteiger partial charge < -0.3 is 4.74 Å². The number of nitrogens with zero attached hydrogens (tertiary/aromatic N) is 1. The zero-order valence-corrected chi connectivity index (χ0v) is 22.2. The van der Waals surface area contributed by atoms with Crippen molar-refractivity contribution >= 4 is 39.4 Å². The summed E-state index contributed by atoms with van der Waals surface area (Å²) in [6, 6.07) is 22.8. The largest absolute Gasteiger partial charge is 0.462 e. The summed E-state index contributed by atoms with van der Waals surface area (Å²) in [6.07, 6.45) is 4.13. The molecule has 0 saturated carbocycles. The highest BCUT2D eigenvalue weighted by atomic mass is 79.9. The van der Waals surface area contributed by atoms with Gasteiger partial charge in [-0.25, -0.2) is 9.69 Å². The van der Waals surface area contributed by atoms with Gasteiger partial charge in [0.05, 0.1) is 34.0 Å². The maximum Gasteiger partial charge on any atom is 0.338 e. The first-order chi connectivity index (χ1) is 18.0. The Morgan fingerprint density at radius 3 is 2.11 bits per heavy atom. The second-order valence-electron chi connectivity index (χ2n) is 10.1. The second kappa shape index (κ2) is 9.25. The molecule has 0 radical (unpaired) electrons. The predicted octanol–water partition coefficient (Wildman–Crippen LogP) is 6.33. The molecule has 5 nitrogen and oxygen atoms in total. The van der Waals surface area contributed by atoms with Crippen LogP contribution in [0.15, 0.2) is 72.8 Å². The topological polar surface area (TPSA) is 63.7 Å². The quantitative estimate of drug-likeness (QED) is 0.147. The summed E-state index contributed by atoms with van der Waals surface area (Å²) in [4.78, 5) is 41.7. The van der Waals surface area contributed by atoms with Crippen LogP contribution in [0.4, 0.5) is 5.69 Å². The number of imide groups is 1. The van der Waals surface area contributed by atoms with E-state index in [0.717, 1.165) is 47.9 Å². The molecule has 0 N–H and O–H groups in total. The van der Waals surface area contributed by atoms with Crippen molar-refractivity contribution < 1.29 is 19.1 Å². The van der Waals surface area contributed by atoms with Crippen LogP contribution in [0.5, 0.6) is 0 Å². The van der Waals surface area contributed by atoms with Gasteiger partial charge in [0, 0.05) is 5.92 Å². The molecule has 3 aromatic carbocycles. The molecule has 3 aliphatic carbocycles. The summed E-state index contributed by atoms with van der Waals surface area (Å²) in [7, 11) is 0. The van der Waals surface area contributed by atoms with Crippen LogP contribution in [-0.4, -0.2) is 24.4 Å². The van der Waals surface area contributed by atoms with Crippen LogP contribution in [0, 0.1) is 11.8 Å². The molecule has 0 unspecified atom stereocenters. The molecule has 2 atom stereocenters. The standard InChI is InChI=1S/C31H28BrNO4/c1-2-3-4-9-18-37-30(36)19-14-16-20(17-15-19)33-28(34)26-25-21-10-5-7-12-23(21)31(32,27(26)29(33)35)24-13-8-6-11-22(24)25/h5-8,10-17,25-27H,2-4,9,18H2,1H3/t25?,26-,27-,31?/m1/s1. The third-order valence-electron chi connectivity index (χ3n) is 8.11. The SMILES string of the molecule is CCCCCCOC(=O)c1ccc(N2C(=O)[C@@H]3C4c5ccccc5C(Br)(c5ccccc54)[C@H]3C2=O)cc1. The van der Waals surface area contributed by atoms with Crippen LogP contribution in [0.25, 0.3) is 0 Å². The molecule has 2 bridgehead atoms. The monoisotopic (exact) mass is 557 g/mol. The Labute approximate surface area is 224 Å². The number of unbranched alkanes of at least 4 members (excludes halogenated alkanes) is 3. The average Bonchev–Trinajstić information content (AvgIpc) is 3.20. The van der Waals surface area contributed by atoms with Crippen LogP contribution in [0.2, 0.25) is 0 Å². The van der Waals surface area contributed by atoms with E-state index in [-0.39, 0.29) is 23.7 Å². The highest BCUT2D eigenvalue weighted by molar-refractivity contribution is 9.09. The number of amides is 2. The third-order valence-corrected chi connectivity index (χ3v) is 9.45. The molecule has 3 aromatic rings. The molecule has 7 rings (SSSR count). The first-order valence-electron chi connectivity index (χ1n) is 13.0. The van der Waals surface area contributed by atoms with Gasteiger partial charge in [-0.15, -0.1) is 0 Å². The van der Waals surface area contributed by atoms with Gasteiger partial charge in [-0.1, -0.05) is 90.6 Å². The molecule has 0 aromatic heterocycles. The van der Waals surface area contributed by atoms with E-state index in [4.69, 9.17) is 4.74 Å². The Hall–Kier alpha value is -3.25. The summed E-state index contributed by atoms with van der Waals surface area (Å²) in [5.41, 5.74) is 5.19. The molecule has 2 amide bonds. The number of hydrogen-bond acceptors (Lipinski definition) is 4. The summed E-state index contributed by atoms with van der Waals surface area (Å²) in [5.74, 6) is -2.03. The van der Waals surface area contributed by atoms with Gasteiger partial charge in [-0.3, -0.25) is 9.59 Å². The summed E-state index contributed by atoms with van der Waals surface area (Å²) >= 11 is 4.01. The van der Waals surface area contributed by atoms with Gasteiger partial charge in [-0.05, 0) is 52.9 Å². The van der Waals surface area contributed by atoms with Gasteiger partial charge in [0.25, 0.3) is 0 Å². The van der Waals surface area contributed by atoms with Crippen molar-refractivity contribution in [2.24, 2.45) is 11.8 Å². The zero-order chi connectivity index (χ0) is 25.7. The molecule has 1 aliphatic heterocycles. The predicted molar refractivity (Wildman–Crippen MR) is 145 cm³/mol. The average molecular weight is 558 g/mol. The van der Waals surface area contributed by atoms with Gasteiger partial charge in [-0.2, -0.15) is 0 Å². The van der Waals surface area contributed by atoms with E-state index in [1.54, 1.807) is 24.3 Å². The van der Waals surface area contributed by atoms with Crippen molar-refractivity contribution in [3.8, 4) is 0 Å². The highest BCUT2D eigenvalue weighted by Crippen LogP contribution is 2.66. The van der Waals surface area contributed by atoms with Crippen molar-refractivity contribution in [3.63, 3.8) is 0 Å². The number of halogens is 1. The maximum absolute atomic E-state index is 14.0. The zero-order valence-electron chi connectivity index (χ0n) is 20.7. The van der Waals surface area contributed by atoms with Crippen LogP contribution in [-0.2, 0) is 18.7 Å². The number of benzene rings is 3. The minimum atomic E-state index is -0.775. The highest BCUT2D eigenvalue weighted by Gasteiger charge is 2.67. The van der Waals surface area contributed by atoms with E-state index in [0.29, 0.717) is 17.9 Å². The lowest BCUT2D eigenvalue weighted by Gasteiger charge is -2.51. The maximum atomic E-state index is 14.0. The van der Waals surface area contributed by atoms with Crippen molar-refractivity contribution in [2.75, 3.05) is 11.5 Å². The van der Waals surface area contributed by atoms with E-state index in [9.17, 15) is 14.4 Å². The van der Waals surface area contributed by atoms with Crippen molar-refractivity contribution in [2.45, 2.75) is 42.8 Å². The Balaban J connectivity index is 1.31. The lowest BCUT2D eigenvalue weighted by atomic mass is 9.55. The Morgan fingerprint density at radius 1 is 0.865 bits per heavy atom. The van der Waals surface area contributed by atoms with E-state index >= 15 is 0 Å². The fourth-order valence-corrected chi connectivity index (χ4v) is 7.66. The smallest absolute Gasteiger partial charge is 0.338 e. The summed E-state index contributed by atoms with van der Waals surface area (Å²) < 4.78 is 4.61. The number of anilines is 1. The van der Waals surface area contributed by atoms with Crippen LogP contribution < -0.4 is 4.90 Å². The first-order valence-corrected chi connectivity index (χ1v) is 13.8. The Bertz CT molecular complexity index is 1350. The van der Waals surface area contributed by atoms with E-state index in [1.807, 2.05) is 24.3 Å². The number of esters is 1. The first kappa shape index (κ1) is 24.1. The van der Waals surface area contributed by atoms with Crippen LogP contribution in [0.1, 0.15) is 71.1 Å².